The van der Waals surface area contributed by atoms with Crippen LogP contribution in [-0.4, -0.2) is 33.3 Å². The highest BCUT2D eigenvalue weighted by molar-refractivity contribution is 6.33. The van der Waals surface area contributed by atoms with Crippen LogP contribution in [0.4, 0.5) is 5.82 Å². The van der Waals surface area contributed by atoms with Crippen LogP contribution in [0.5, 0.6) is 0 Å². The minimum Gasteiger partial charge on any atom is -0.476 e. The van der Waals surface area contributed by atoms with Gasteiger partial charge in [0.1, 0.15) is 5.82 Å². The van der Waals surface area contributed by atoms with E-state index in [4.69, 9.17) is 16.7 Å². The summed E-state index contributed by atoms with van der Waals surface area (Å²) in [5.41, 5.74) is -0.552. The van der Waals surface area contributed by atoms with E-state index in [1.165, 1.54) is 6.07 Å². The molecule has 1 aromatic heterocycles. The van der Waals surface area contributed by atoms with E-state index >= 15 is 0 Å². The van der Waals surface area contributed by atoms with Crippen LogP contribution in [0.1, 0.15) is 36.2 Å². The van der Waals surface area contributed by atoms with E-state index in [1.54, 1.807) is 6.07 Å². The first-order valence-electron chi connectivity index (χ1n) is 5.85. The van der Waals surface area contributed by atoms with Gasteiger partial charge in [-0.15, -0.1) is 0 Å². The Labute approximate surface area is 110 Å². The van der Waals surface area contributed by atoms with Gasteiger partial charge in [-0.25, -0.2) is 9.78 Å². The lowest BCUT2D eigenvalue weighted by molar-refractivity contribution is 0.0691. The van der Waals surface area contributed by atoms with Crippen LogP contribution >= 0.6 is 11.6 Å². The van der Waals surface area contributed by atoms with E-state index < -0.39 is 5.97 Å². The maximum absolute atomic E-state index is 10.9. The molecule has 0 atom stereocenters. The minimum absolute atomic E-state index is 0.0136. The van der Waals surface area contributed by atoms with Crippen molar-refractivity contribution in [3.05, 3.63) is 22.8 Å². The molecule has 1 aromatic rings. The first-order chi connectivity index (χ1) is 8.56. The number of carboxylic acid groups (broad SMARTS) is 1. The average Bonchev–Trinajstić information content (AvgIpc) is 2.80. The first kappa shape index (κ1) is 13.1. The van der Waals surface area contributed by atoms with Gasteiger partial charge in [-0.3, -0.25) is 0 Å². The summed E-state index contributed by atoms with van der Waals surface area (Å²) in [5.74, 6) is -0.721. The second-order valence-corrected chi connectivity index (χ2v) is 5.01. The first-order valence-corrected chi connectivity index (χ1v) is 6.23. The zero-order valence-corrected chi connectivity index (χ0v) is 10.6. The molecule has 18 heavy (non-hydrogen) atoms. The molecule has 2 rings (SSSR count). The summed E-state index contributed by atoms with van der Waals surface area (Å²) >= 11 is 5.76. The standard InChI is InChI=1S/C12H15ClN2O3/c13-8-3-4-9(14-10(8)11(17)18)15-12(7-16)5-1-2-6-12/h3-4,16H,1-2,5-7H2,(H,14,15)(H,17,18). The summed E-state index contributed by atoms with van der Waals surface area (Å²) in [6, 6.07) is 3.13. The van der Waals surface area contributed by atoms with Crippen LogP contribution < -0.4 is 5.32 Å². The molecule has 0 bridgehead atoms. The molecule has 3 N–H and O–H groups in total. The van der Waals surface area contributed by atoms with Gasteiger partial charge in [0.15, 0.2) is 5.69 Å². The fourth-order valence-corrected chi connectivity index (χ4v) is 2.49. The predicted octanol–water partition coefficient (Wildman–Crippen LogP) is 2.15. The number of halogens is 1. The number of hydrogen-bond acceptors (Lipinski definition) is 4. The molecule has 0 aromatic carbocycles. The summed E-state index contributed by atoms with van der Waals surface area (Å²) < 4.78 is 0. The van der Waals surface area contributed by atoms with Gasteiger partial charge in [-0.2, -0.15) is 0 Å². The third-order valence-electron chi connectivity index (χ3n) is 3.31. The van der Waals surface area contributed by atoms with Crippen LogP contribution in [0.3, 0.4) is 0 Å². The van der Waals surface area contributed by atoms with Gasteiger partial charge >= 0.3 is 5.97 Å². The van der Waals surface area contributed by atoms with E-state index in [9.17, 15) is 9.90 Å². The SMILES string of the molecule is O=C(O)c1nc(NC2(CO)CCCC2)ccc1Cl. The maximum atomic E-state index is 10.9. The second kappa shape index (κ2) is 5.12. The average molecular weight is 271 g/mol. The Morgan fingerprint density at radius 2 is 2.11 bits per heavy atom. The number of aromatic nitrogens is 1. The number of aromatic carboxylic acids is 1. The minimum atomic E-state index is -1.16. The smallest absolute Gasteiger partial charge is 0.356 e. The molecule has 6 heteroatoms. The van der Waals surface area contributed by atoms with Gasteiger partial charge in [0.25, 0.3) is 0 Å². The van der Waals surface area contributed by atoms with Crippen molar-refractivity contribution >= 4 is 23.4 Å². The topological polar surface area (TPSA) is 82.5 Å². The number of aliphatic hydroxyl groups is 1. The Bertz CT molecular complexity index is 459. The lowest BCUT2D eigenvalue weighted by atomic mass is 9.99. The molecular weight excluding hydrogens is 256 g/mol. The molecule has 0 saturated heterocycles. The number of carboxylic acids is 1. The van der Waals surface area contributed by atoms with E-state index in [2.05, 4.69) is 10.3 Å². The van der Waals surface area contributed by atoms with Crippen LogP contribution in [0.15, 0.2) is 12.1 Å². The van der Waals surface area contributed by atoms with Crippen molar-refractivity contribution in [2.75, 3.05) is 11.9 Å². The molecule has 1 aliphatic rings. The van der Waals surface area contributed by atoms with Gasteiger partial charge in [0, 0.05) is 0 Å². The quantitative estimate of drug-likeness (QED) is 0.781. The molecule has 0 unspecified atom stereocenters. The van der Waals surface area contributed by atoms with Gasteiger partial charge < -0.3 is 15.5 Å². The largest absolute Gasteiger partial charge is 0.476 e. The number of nitrogens with zero attached hydrogens (tertiary/aromatic N) is 1. The van der Waals surface area contributed by atoms with Crippen molar-refractivity contribution in [2.45, 2.75) is 31.2 Å². The highest BCUT2D eigenvalue weighted by Crippen LogP contribution is 2.32. The van der Waals surface area contributed by atoms with E-state index in [0.717, 1.165) is 25.7 Å². The zero-order valence-electron chi connectivity index (χ0n) is 9.82. The third kappa shape index (κ3) is 2.57. The Morgan fingerprint density at radius 1 is 1.44 bits per heavy atom. The molecule has 0 spiro atoms. The fraction of sp³-hybridized carbons (Fsp3) is 0.500. The van der Waals surface area contributed by atoms with Crippen molar-refractivity contribution in [3.8, 4) is 0 Å². The Balaban J connectivity index is 2.24. The van der Waals surface area contributed by atoms with Crippen LogP contribution in [0.2, 0.25) is 5.02 Å². The highest BCUT2D eigenvalue weighted by atomic mass is 35.5. The molecule has 1 fully saturated rings. The number of nitrogens with one attached hydrogen (secondary N) is 1. The van der Waals surface area contributed by atoms with Gasteiger partial charge in [-0.1, -0.05) is 24.4 Å². The lowest BCUT2D eigenvalue weighted by Crippen LogP contribution is -2.39. The Kier molecular flexibility index (Phi) is 3.73. The zero-order chi connectivity index (χ0) is 13.2. The number of carbonyl (C=O) groups is 1. The maximum Gasteiger partial charge on any atom is 0.356 e. The molecule has 0 amide bonds. The molecule has 0 aliphatic heterocycles. The summed E-state index contributed by atoms with van der Waals surface area (Å²) in [6.45, 7) is 0.0136. The molecular formula is C12H15ClN2O3. The summed E-state index contributed by atoms with van der Waals surface area (Å²) in [5, 5.41) is 21.7. The summed E-state index contributed by atoms with van der Waals surface area (Å²) in [7, 11) is 0. The van der Waals surface area contributed by atoms with Crippen molar-refractivity contribution in [1.29, 1.82) is 0 Å². The highest BCUT2D eigenvalue weighted by Gasteiger charge is 2.33. The van der Waals surface area contributed by atoms with Crippen LogP contribution in [0, 0.1) is 0 Å². The summed E-state index contributed by atoms with van der Waals surface area (Å²) in [4.78, 5) is 14.9. The van der Waals surface area contributed by atoms with Crippen LogP contribution in [-0.2, 0) is 0 Å². The van der Waals surface area contributed by atoms with Crippen molar-refractivity contribution in [1.82, 2.24) is 4.98 Å². The molecule has 1 heterocycles. The van der Waals surface area contributed by atoms with Crippen LogP contribution in [0.25, 0.3) is 0 Å². The molecule has 5 nitrogen and oxygen atoms in total. The third-order valence-corrected chi connectivity index (χ3v) is 3.61. The Hall–Kier alpha value is -1.33. The molecule has 1 saturated carbocycles. The lowest BCUT2D eigenvalue weighted by Gasteiger charge is -2.28. The number of hydrogen-bond donors (Lipinski definition) is 3. The predicted molar refractivity (Wildman–Crippen MR) is 68.1 cm³/mol. The normalized spacial score (nSPS) is 17.7. The number of rotatable bonds is 4. The van der Waals surface area contributed by atoms with Crippen molar-refractivity contribution in [2.24, 2.45) is 0 Å². The fourth-order valence-electron chi connectivity index (χ4n) is 2.31. The molecule has 0 radical (unpaired) electrons. The second-order valence-electron chi connectivity index (χ2n) is 4.60. The Morgan fingerprint density at radius 3 is 2.67 bits per heavy atom. The van der Waals surface area contributed by atoms with Gasteiger partial charge in [-0.05, 0) is 25.0 Å². The van der Waals surface area contributed by atoms with Gasteiger partial charge in [0.05, 0.1) is 17.2 Å². The van der Waals surface area contributed by atoms with Crippen molar-refractivity contribution in [3.63, 3.8) is 0 Å². The number of pyridine rings is 1. The molecule has 1 aliphatic carbocycles. The van der Waals surface area contributed by atoms with Crippen molar-refractivity contribution < 1.29 is 15.0 Å². The van der Waals surface area contributed by atoms with E-state index in [0.29, 0.717) is 5.82 Å². The van der Waals surface area contributed by atoms with E-state index in [-0.39, 0.29) is 22.9 Å². The summed E-state index contributed by atoms with van der Waals surface area (Å²) in [6.07, 6.45) is 3.81. The number of anilines is 1. The van der Waals surface area contributed by atoms with E-state index in [1.807, 2.05) is 0 Å². The number of aliphatic hydroxyl groups excluding tert-OH is 1. The molecule has 98 valence electrons. The van der Waals surface area contributed by atoms with Gasteiger partial charge in [0.2, 0.25) is 0 Å². The monoisotopic (exact) mass is 270 g/mol.